The average Bonchev–Trinajstić information content (AvgIpc) is 2.54. The Morgan fingerprint density at radius 3 is 2.61 bits per heavy atom. The SMILES string of the molecule is C[C@H]1C(=O)C(C#N)=C[C@@]2(P)C(=O)N(c3ccc(F)cc3)CC[C@H]12. The fourth-order valence-corrected chi connectivity index (χ4v) is 4.30. The number of piperidine rings is 1. The highest BCUT2D eigenvalue weighted by molar-refractivity contribution is 7.21. The van der Waals surface area contributed by atoms with Gasteiger partial charge in [0.1, 0.15) is 11.9 Å². The van der Waals surface area contributed by atoms with Crippen LogP contribution in [-0.2, 0) is 9.59 Å². The van der Waals surface area contributed by atoms with Crippen LogP contribution in [0.3, 0.4) is 0 Å². The third-order valence-corrected chi connectivity index (χ3v) is 5.66. The Kier molecular flexibility index (Phi) is 3.82. The molecule has 1 aromatic rings. The second-order valence-corrected chi connectivity index (χ2v) is 7.04. The molecule has 1 aromatic carbocycles. The van der Waals surface area contributed by atoms with Gasteiger partial charge in [-0.1, -0.05) is 6.92 Å². The first-order valence-electron chi connectivity index (χ1n) is 7.42. The summed E-state index contributed by atoms with van der Waals surface area (Å²) in [7, 11) is 2.55. The maximum atomic E-state index is 13.1. The van der Waals surface area contributed by atoms with Gasteiger partial charge in [0.15, 0.2) is 5.78 Å². The summed E-state index contributed by atoms with van der Waals surface area (Å²) in [5.41, 5.74) is 0.659. The lowest BCUT2D eigenvalue weighted by molar-refractivity contribution is -0.126. The Bertz CT molecular complexity index is 753. The van der Waals surface area contributed by atoms with Crippen molar-refractivity contribution in [2.24, 2.45) is 11.8 Å². The first-order chi connectivity index (χ1) is 10.9. The van der Waals surface area contributed by atoms with Crippen molar-refractivity contribution in [2.75, 3.05) is 11.4 Å². The number of halogens is 1. The van der Waals surface area contributed by atoms with Crippen LogP contribution in [0.4, 0.5) is 10.1 Å². The number of hydrogen-bond acceptors (Lipinski definition) is 3. The number of fused-ring (bicyclic) bond motifs is 1. The molecule has 0 spiro atoms. The molecular formula is C17H16FN2O2P. The first-order valence-corrected chi connectivity index (χ1v) is 8.00. The lowest BCUT2D eigenvalue weighted by Crippen LogP contribution is -2.58. The van der Waals surface area contributed by atoms with E-state index in [9.17, 15) is 14.0 Å². The minimum Gasteiger partial charge on any atom is -0.311 e. The molecular weight excluding hydrogens is 314 g/mol. The Morgan fingerprint density at radius 2 is 2.00 bits per heavy atom. The Balaban J connectivity index is 2.03. The molecule has 1 saturated heterocycles. The van der Waals surface area contributed by atoms with Gasteiger partial charge in [-0.2, -0.15) is 5.26 Å². The number of hydrogen-bond donors (Lipinski definition) is 0. The van der Waals surface area contributed by atoms with Gasteiger partial charge in [-0.15, -0.1) is 9.24 Å². The summed E-state index contributed by atoms with van der Waals surface area (Å²) >= 11 is 0. The highest BCUT2D eigenvalue weighted by Crippen LogP contribution is 2.47. The number of nitrogens with zero attached hydrogens (tertiary/aromatic N) is 2. The van der Waals surface area contributed by atoms with Crippen molar-refractivity contribution in [3.8, 4) is 6.07 Å². The van der Waals surface area contributed by atoms with E-state index < -0.39 is 5.16 Å². The number of benzene rings is 1. The number of carbonyl (C=O) groups excluding carboxylic acids is 2. The van der Waals surface area contributed by atoms with E-state index in [2.05, 4.69) is 9.24 Å². The summed E-state index contributed by atoms with van der Waals surface area (Å²) in [6, 6.07) is 7.66. The largest absolute Gasteiger partial charge is 0.311 e. The summed E-state index contributed by atoms with van der Waals surface area (Å²) in [5, 5.41) is 8.20. The molecule has 0 radical (unpaired) electrons. The molecule has 3 rings (SSSR count). The maximum Gasteiger partial charge on any atom is 0.241 e. The zero-order valence-corrected chi connectivity index (χ0v) is 13.8. The van der Waals surface area contributed by atoms with Gasteiger partial charge in [-0.3, -0.25) is 9.59 Å². The summed E-state index contributed by atoms with van der Waals surface area (Å²) in [4.78, 5) is 26.8. The monoisotopic (exact) mass is 330 g/mol. The average molecular weight is 330 g/mol. The number of anilines is 1. The number of ketones is 1. The van der Waals surface area contributed by atoms with Crippen LogP contribution in [0.2, 0.25) is 0 Å². The number of amides is 1. The fraction of sp³-hybridized carbons (Fsp3) is 0.353. The van der Waals surface area contributed by atoms with Crippen LogP contribution in [-0.4, -0.2) is 23.4 Å². The second-order valence-electron chi connectivity index (χ2n) is 6.08. The fourth-order valence-electron chi connectivity index (χ4n) is 3.53. The third-order valence-electron chi connectivity index (χ3n) is 4.82. The van der Waals surface area contributed by atoms with Crippen molar-refractivity contribution in [1.29, 1.82) is 5.26 Å². The quantitative estimate of drug-likeness (QED) is 0.743. The highest BCUT2D eigenvalue weighted by Gasteiger charge is 2.53. The van der Waals surface area contributed by atoms with Crippen molar-refractivity contribution >= 4 is 26.6 Å². The van der Waals surface area contributed by atoms with Gasteiger partial charge in [-0.05, 0) is 42.7 Å². The molecule has 1 aliphatic heterocycles. The predicted molar refractivity (Wildman–Crippen MR) is 87.2 cm³/mol. The van der Waals surface area contributed by atoms with Crippen LogP contribution in [0.1, 0.15) is 13.3 Å². The van der Waals surface area contributed by atoms with Gasteiger partial charge < -0.3 is 4.90 Å². The molecule has 4 nitrogen and oxygen atoms in total. The molecule has 2 aliphatic rings. The molecule has 4 atom stereocenters. The highest BCUT2D eigenvalue weighted by atomic mass is 31.0. The summed E-state index contributed by atoms with van der Waals surface area (Å²) < 4.78 is 13.1. The second kappa shape index (κ2) is 5.54. The molecule has 1 fully saturated rings. The van der Waals surface area contributed by atoms with Crippen molar-refractivity contribution in [1.82, 2.24) is 0 Å². The molecule has 1 amide bonds. The number of nitriles is 1. The number of allylic oxidation sites excluding steroid dienone is 1. The van der Waals surface area contributed by atoms with E-state index in [0.29, 0.717) is 18.7 Å². The summed E-state index contributed by atoms with van der Waals surface area (Å²) in [6.07, 6.45) is 2.14. The Morgan fingerprint density at radius 1 is 1.35 bits per heavy atom. The lowest BCUT2D eigenvalue weighted by Gasteiger charge is -2.47. The molecule has 0 bridgehead atoms. The Labute approximate surface area is 136 Å². The number of Topliss-reactive ketones (excluding diaryl/α,β-unsaturated/α-hetero) is 1. The van der Waals surface area contributed by atoms with Gasteiger partial charge in [-0.25, -0.2) is 4.39 Å². The van der Waals surface area contributed by atoms with E-state index in [-0.39, 0.29) is 34.9 Å². The van der Waals surface area contributed by atoms with Crippen LogP contribution >= 0.6 is 9.24 Å². The van der Waals surface area contributed by atoms with Crippen molar-refractivity contribution in [3.63, 3.8) is 0 Å². The normalized spacial score (nSPS) is 30.5. The standard InChI is InChI=1S/C17H16FN2O2P/c1-10-14-6-7-20(13-4-2-12(18)3-5-13)16(22)17(14,23)8-11(9-19)15(10)21/h2-5,8,10,14H,6-7,23H2,1H3/t10-,14-,17+/m1/s1. The molecule has 23 heavy (non-hydrogen) atoms. The van der Waals surface area contributed by atoms with E-state index >= 15 is 0 Å². The van der Waals surface area contributed by atoms with Crippen molar-refractivity contribution in [2.45, 2.75) is 18.5 Å². The van der Waals surface area contributed by atoms with Gasteiger partial charge in [0, 0.05) is 18.2 Å². The topological polar surface area (TPSA) is 61.2 Å². The first kappa shape index (κ1) is 15.8. The van der Waals surface area contributed by atoms with Gasteiger partial charge in [0.25, 0.3) is 0 Å². The zero-order valence-electron chi connectivity index (χ0n) is 12.6. The van der Waals surface area contributed by atoms with Gasteiger partial charge in [0.05, 0.1) is 10.7 Å². The predicted octanol–water partition coefficient (Wildman–Crippen LogP) is 2.46. The van der Waals surface area contributed by atoms with E-state index in [1.807, 2.05) is 6.07 Å². The molecule has 1 heterocycles. The summed E-state index contributed by atoms with van der Waals surface area (Å²) in [6.45, 7) is 2.25. The smallest absolute Gasteiger partial charge is 0.241 e. The minimum absolute atomic E-state index is 0.0399. The molecule has 1 aliphatic carbocycles. The van der Waals surface area contributed by atoms with E-state index in [1.165, 1.54) is 18.2 Å². The van der Waals surface area contributed by atoms with Crippen molar-refractivity contribution < 1.29 is 14.0 Å². The maximum absolute atomic E-state index is 13.1. The van der Waals surface area contributed by atoms with Crippen molar-refractivity contribution in [3.05, 3.63) is 41.7 Å². The van der Waals surface area contributed by atoms with Gasteiger partial charge >= 0.3 is 0 Å². The van der Waals surface area contributed by atoms with E-state index in [1.54, 1.807) is 24.0 Å². The van der Waals surface area contributed by atoms with E-state index in [4.69, 9.17) is 5.26 Å². The van der Waals surface area contributed by atoms with Crippen LogP contribution < -0.4 is 4.90 Å². The van der Waals surface area contributed by atoms with Crippen LogP contribution in [0, 0.1) is 29.0 Å². The lowest BCUT2D eigenvalue weighted by atomic mass is 9.68. The van der Waals surface area contributed by atoms with Gasteiger partial charge in [0.2, 0.25) is 5.91 Å². The summed E-state index contributed by atoms with van der Waals surface area (Å²) in [5.74, 6) is -1.26. The third kappa shape index (κ3) is 2.38. The number of rotatable bonds is 1. The molecule has 0 saturated carbocycles. The number of carbonyl (C=O) groups is 2. The zero-order chi connectivity index (χ0) is 16.8. The van der Waals surface area contributed by atoms with Crippen LogP contribution in [0.25, 0.3) is 0 Å². The van der Waals surface area contributed by atoms with E-state index in [0.717, 1.165) is 0 Å². The van der Waals surface area contributed by atoms with Crippen LogP contribution in [0.15, 0.2) is 35.9 Å². The molecule has 1 unspecified atom stereocenters. The molecule has 0 N–H and O–H groups in total. The molecule has 6 heteroatoms. The molecule has 0 aromatic heterocycles. The minimum atomic E-state index is -0.967. The molecule has 118 valence electrons. The van der Waals surface area contributed by atoms with Crippen LogP contribution in [0.5, 0.6) is 0 Å². The Hall–Kier alpha value is -2.05.